The third-order valence-corrected chi connectivity index (χ3v) is 5.12. The van der Waals surface area contributed by atoms with Crippen LogP contribution in [0, 0.1) is 10.1 Å². The first kappa shape index (κ1) is 16.7. The maximum atomic E-state index is 12.3. The fourth-order valence-electron chi connectivity index (χ4n) is 1.59. The van der Waals surface area contributed by atoms with Crippen molar-refractivity contribution in [3.05, 3.63) is 33.9 Å². The second kappa shape index (κ2) is 7.56. The van der Waals surface area contributed by atoms with Crippen molar-refractivity contribution in [2.75, 3.05) is 17.3 Å². The number of nitro groups is 1. The number of thioether (sulfide) groups is 2. The number of amides is 1. The number of carbonyl (C=O) groups is 1. The maximum Gasteiger partial charge on any atom is 0.282 e. The summed E-state index contributed by atoms with van der Waals surface area (Å²) in [6.07, 6.45) is 1.84. The van der Waals surface area contributed by atoms with Gasteiger partial charge in [0.25, 0.3) is 11.6 Å². The van der Waals surface area contributed by atoms with E-state index in [2.05, 4.69) is 15.5 Å². The molecule has 0 radical (unpaired) electrons. The zero-order valence-electron chi connectivity index (χ0n) is 11.7. The van der Waals surface area contributed by atoms with Crippen LogP contribution < -0.4 is 5.32 Å². The van der Waals surface area contributed by atoms with E-state index in [0.29, 0.717) is 5.13 Å². The number of hydrogen-bond acceptors (Lipinski definition) is 8. The highest BCUT2D eigenvalue weighted by Gasteiger charge is 2.21. The number of rotatable bonds is 6. The Morgan fingerprint density at radius 2 is 2.23 bits per heavy atom. The minimum absolute atomic E-state index is 0.0109. The summed E-state index contributed by atoms with van der Waals surface area (Å²) in [7, 11) is 0. The molecule has 1 heterocycles. The van der Waals surface area contributed by atoms with Gasteiger partial charge in [0.15, 0.2) is 4.34 Å². The average Bonchev–Trinajstić information content (AvgIpc) is 2.94. The summed E-state index contributed by atoms with van der Waals surface area (Å²) in [5.74, 6) is 0.288. The normalized spacial score (nSPS) is 10.5. The number of anilines is 1. The van der Waals surface area contributed by atoms with Crippen molar-refractivity contribution in [1.29, 1.82) is 0 Å². The van der Waals surface area contributed by atoms with E-state index in [0.717, 1.165) is 15.0 Å². The first-order chi connectivity index (χ1) is 10.5. The molecule has 22 heavy (non-hydrogen) atoms. The minimum atomic E-state index is -0.572. The van der Waals surface area contributed by atoms with Gasteiger partial charge in [0.05, 0.1) is 4.92 Å². The summed E-state index contributed by atoms with van der Waals surface area (Å²) in [5, 5.41) is 21.7. The number of aromatic nitrogens is 2. The molecular formula is C12H12N4O3S3. The highest BCUT2D eigenvalue weighted by molar-refractivity contribution is 8.01. The summed E-state index contributed by atoms with van der Waals surface area (Å²) in [5.41, 5.74) is -0.222. The molecule has 1 aromatic heterocycles. The van der Waals surface area contributed by atoms with Gasteiger partial charge in [-0.25, -0.2) is 0 Å². The predicted molar refractivity (Wildman–Crippen MR) is 89.1 cm³/mol. The van der Waals surface area contributed by atoms with Crippen LogP contribution in [-0.2, 0) is 0 Å². The van der Waals surface area contributed by atoms with Gasteiger partial charge in [-0.3, -0.25) is 20.2 Å². The molecule has 0 aliphatic heterocycles. The molecule has 1 amide bonds. The lowest BCUT2D eigenvalue weighted by Crippen LogP contribution is -2.14. The van der Waals surface area contributed by atoms with Crippen LogP contribution in [0.5, 0.6) is 0 Å². The fraction of sp³-hybridized carbons (Fsp3) is 0.250. The topological polar surface area (TPSA) is 98.0 Å². The Morgan fingerprint density at radius 1 is 1.45 bits per heavy atom. The molecule has 0 atom stereocenters. The van der Waals surface area contributed by atoms with E-state index in [1.54, 1.807) is 6.07 Å². The fourth-order valence-corrected chi connectivity index (χ4v) is 3.67. The Balaban J connectivity index is 2.25. The molecule has 7 nitrogen and oxygen atoms in total. The molecule has 10 heteroatoms. The van der Waals surface area contributed by atoms with Gasteiger partial charge >= 0.3 is 0 Å². The van der Waals surface area contributed by atoms with E-state index in [-0.39, 0.29) is 11.3 Å². The van der Waals surface area contributed by atoms with E-state index in [9.17, 15) is 14.9 Å². The van der Waals surface area contributed by atoms with Crippen molar-refractivity contribution in [2.24, 2.45) is 0 Å². The van der Waals surface area contributed by atoms with Crippen molar-refractivity contribution >= 4 is 51.6 Å². The first-order valence-electron chi connectivity index (χ1n) is 6.15. The SMILES string of the molecule is CCSc1nnc(NC(=O)c2cc(SC)ccc2[N+](=O)[O-])s1. The minimum Gasteiger partial charge on any atom is -0.296 e. The molecule has 2 rings (SSSR count). The third-order valence-electron chi connectivity index (χ3n) is 2.54. The number of hydrogen-bond donors (Lipinski definition) is 1. The number of nitrogens with zero attached hydrogens (tertiary/aromatic N) is 3. The van der Waals surface area contributed by atoms with Gasteiger partial charge in [-0.1, -0.05) is 30.0 Å². The van der Waals surface area contributed by atoms with Gasteiger partial charge in [0, 0.05) is 11.0 Å². The second-order valence-corrected chi connectivity index (χ2v) is 7.27. The van der Waals surface area contributed by atoms with Crippen molar-refractivity contribution in [2.45, 2.75) is 16.2 Å². The molecule has 2 aromatic rings. The summed E-state index contributed by atoms with van der Waals surface area (Å²) in [4.78, 5) is 23.5. The average molecular weight is 356 g/mol. The number of nitro benzene ring substituents is 1. The number of benzene rings is 1. The highest BCUT2D eigenvalue weighted by atomic mass is 32.2. The Hall–Kier alpha value is -1.65. The Labute approximate surface area is 139 Å². The lowest BCUT2D eigenvalue weighted by atomic mass is 10.1. The van der Waals surface area contributed by atoms with Gasteiger partial charge in [-0.15, -0.1) is 22.0 Å². The molecule has 0 unspecified atom stereocenters. The van der Waals surface area contributed by atoms with Gasteiger partial charge in [0.2, 0.25) is 5.13 Å². The zero-order valence-corrected chi connectivity index (χ0v) is 14.2. The molecule has 1 aromatic carbocycles. The Bertz CT molecular complexity index is 705. The summed E-state index contributed by atoms with van der Waals surface area (Å²) >= 11 is 4.16. The second-order valence-electron chi connectivity index (χ2n) is 3.90. The van der Waals surface area contributed by atoms with Crippen molar-refractivity contribution in [3.63, 3.8) is 0 Å². The summed E-state index contributed by atoms with van der Waals surface area (Å²) in [6, 6.07) is 4.45. The zero-order chi connectivity index (χ0) is 16.1. The van der Waals surface area contributed by atoms with Crippen LogP contribution in [0.3, 0.4) is 0 Å². The van der Waals surface area contributed by atoms with Gasteiger partial charge < -0.3 is 0 Å². The van der Waals surface area contributed by atoms with Crippen LogP contribution in [0.2, 0.25) is 0 Å². The first-order valence-corrected chi connectivity index (χ1v) is 9.18. The summed E-state index contributed by atoms with van der Waals surface area (Å²) < 4.78 is 0.741. The number of carbonyl (C=O) groups excluding carboxylic acids is 1. The molecule has 0 aliphatic rings. The molecule has 0 saturated heterocycles. The maximum absolute atomic E-state index is 12.3. The van der Waals surface area contributed by atoms with Crippen LogP contribution in [0.15, 0.2) is 27.4 Å². The molecule has 0 fully saturated rings. The van der Waals surface area contributed by atoms with Crippen molar-refractivity contribution in [3.8, 4) is 0 Å². The van der Waals surface area contributed by atoms with E-state index >= 15 is 0 Å². The van der Waals surface area contributed by atoms with Gasteiger partial charge in [-0.05, 0) is 24.1 Å². The van der Waals surface area contributed by atoms with Crippen LogP contribution in [-0.4, -0.2) is 33.0 Å². The van der Waals surface area contributed by atoms with E-state index < -0.39 is 10.8 Å². The smallest absolute Gasteiger partial charge is 0.282 e. The highest BCUT2D eigenvalue weighted by Crippen LogP contribution is 2.28. The lowest BCUT2D eigenvalue weighted by Gasteiger charge is -2.04. The van der Waals surface area contributed by atoms with E-state index in [4.69, 9.17) is 0 Å². The van der Waals surface area contributed by atoms with E-state index in [1.807, 2.05) is 13.2 Å². The number of nitrogens with one attached hydrogen (secondary N) is 1. The standard InChI is InChI=1S/C12H12N4O3S3/c1-3-21-12-15-14-11(22-12)13-10(17)8-6-7(20-2)4-5-9(8)16(18)19/h4-6H,3H2,1-2H3,(H,13,14,17). The largest absolute Gasteiger partial charge is 0.296 e. The van der Waals surface area contributed by atoms with Crippen molar-refractivity contribution in [1.82, 2.24) is 10.2 Å². The van der Waals surface area contributed by atoms with Gasteiger partial charge in [0.1, 0.15) is 5.56 Å². The van der Waals surface area contributed by atoms with E-state index in [1.165, 1.54) is 47.0 Å². The van der Waals surface area contributed by atoms with Gasteiger partial charge in [-0.2, -0.15) is 0 Å². The summed E-state index contributed by atoms with van der Waals surface area (Å²) in [6.45, 7) is 1.99. The molecule has 0 aliphatic carbocycles. The molecule has 1 N–H and O–H groups in total. The monoisotopic (exact) mass is 356 g/mol. The third kappa shape index (κ3) is 3.96. The predicted octanol–water partition coefficient (Wildman–Crippen LogP) is 3.53. The van der Waals surface area contributed by atoms with Crippen LogP contribution in [0.1, 0.15) is 17.3 Å². The Kier molecular flexibility index (Phi) is 5.75. The lowest BCUT2D eigenvalue weighted by molar-refractivity contribution is -0.385. The Morgan fingerprint density at radius 3 is 2.86 bits per heavy atom. The van der Waals surface area contributed by atoms with Crippen molar-refractivity contribution < 1.29 is 9.72 Å². The molecule has 0 spiro atoms. The molecular weight excluding hydrogens is 344 g/mol. The molecule has 116 valence electrons. The quantitative estimate of drug-likeness (QED) is 0.366. The van der Waals surface area contributed by atoms with Crippen LogP contribution in [0.4, 0.5) is 10.8 Å². The molecule has 0 saturated carbocycles. The van der Waals surface area contributed by atoms with Crippen LogP contribution >= 0.6 is 34.9 Å². The molecule has 0 bridgehead atoms. The van der Waals surface area contributed by atoms with Crippen LogP contribution in [0.25, 0.3) is 0 Å².